The van der Waals surface area contributed by atoms with E-state index < -0.39 is 36.0 Å². The van der Waals surface area contributed by atoms with E-state index in [2.05, 4.69) is 10.6 Å². The third kappa shape index (κ3) is 5.72. The van der Waals surface area contributed by atoms with Gasteiger partial charge in [0.25, 0.3) is 11.8 Å². The highest BCUT2D eigenvalue weighted by Crippen LogP contribution is 2.09. The van der Waals surface area contributed by atoms with E-state index in [-0.39, 0.29) is 6.54 Å². The van der Waals surface area contributed by atoms with Gasteiger partial charge in [0, 0.05) is 18.7 Å². The summed E-state index contributed by atoms with van der Waals surface area (Å²) in [5, 5.41) is 5.18. The van der Waals surface area contributed by atoms with Crippen molar-refractivity contribution in [3.8, 4) is 0 Å². The molecule has 2 atom stereocenters. The molecule has 1 heterocycles. The Morgan fingerprint density at radius 1 is 1.30 bits per heavy atom. The predicted molar refractivity (Wildman–Crippen MR) is 101 cm³/mol. The Bertz CT molecular complexity index is 697. The van der Waals surface area contributed by atoms with Gasteiger partial charge in [-0.25, -0.2) is 9.59 Å². The highest BCUT2D eigenvalue weighted by atomic mass is 32.2. The van der Waals surface area contributed by atoms with E-state index in [9.17, 15) is 19.2 Å². The minimum absolute atomic E-state index is 0.236. The number of carbonyl (C=O) groups excluding carboxylic acids is 4. The summed E-state index contributed by atoms with van der Waals surface area (Å²) < 4.78 is 5.23. The number of hydrogen-bond donors (Lipinski definition) is 2. The fourth-order valence-corrected chi connectivity index (χ4v) is 3.00. The molecule has 0 radical (unpaired) electrons. The Hall–Kier alpha value is -2.55. The smallest absolute Gasteiger partial charge is 0.329 e. The van der Waals surface area contributed by atoms with Crippen LogP contribution in [0.1, 0.15) is 23.7 Å². The minimum Gasteiger partial charge on any atom is -0.451 e. The van der Waals surface area contributed by atoms with E-state index in [0.717, 1.165) is 4.90 Å². The molecule has 27 heavy (non-hydrogen) atoms. The summed E-state index contributed by atoms with van der Waals surface area (Å²) in [5.41, 5.74) is 0.428. The van der Waals surface area contributed by atoms with Crippen LogP contribution in [-0.4, -0.2) is 66.0 Å². The lowest BCUT2D eigenvalue weighted by molar-refractivity contribution is -0.159. The number of ether oxygens (including phenoxy) is 1. The molecule has 4 amide bonds. The number of carbonyl (C=O) groups is 4. The maximum atomic E-state index is 12.5. The number of amides is 4. The van der Waals surface area contributed by atoms with E-state index in [1.54, 1.807) is 30.3 Å². The molecule has 1 aromatic rings. The van der Waals surface area contributed by atoms with Gasteiger partial charge in [0.05, 0.1) is 0 Å². The minimum atomic E-state index is -1.12. The standard InChI is InChI=1S/C18H23N3O5S/c1-12(16(23)21-10-9-19-18(21)25)26-17(24)14(8-11-27-2)20-15(22)13-6-4-3-5-7-13/h3-7,12,14H,8-11H2,1-2H3,(H,19,25)(H,20,22)/t12-,14+/m1/s1. The van der Waals surface area contributed by atoms with Crippen LogP contribution in [0.15, 0.2) is 30.3 Å². The maximum absolute atomic E-state index is 12.5. The maximum Gasteiger partial charge on any atom is 0.329 e. The van der Waals surface area contributed by atoms with Crippen LogP contribution in [0.2, 0.25) is 0 Å². The van der Waals surface area contributed by atoms with Crippen molar-refractivity contribution in [1.29, 1.82) is 0 Å². The fraction of sp³-hybridized carbons (Fsp3) is 0.444. The first-order valence-electron chi connectivity index (χ1n) is 8.58. The zero-order valence-corrected chi connectivity index (χ0v) is 16.1. The number of esters is 1. The van der Waals surface area contributed by atoms with Crippen LogP contribution in [0.5, 0.6) is 0 Å². The number of rotatable bonds is 8. The highest BCUT2D eigenvalue weighted by Gasteiger charge is 2.33. The molecule has 0 bridgehead atoms. The number of hydrogen-bond acceptors (Lipinski definition) is 6. The molecule has 1 saturated heterocycles. The van der Waals surface area contributed by atoms with Crippen LogP contribution in [0.25, 0.3) is 0 Å². The second-order valence-electron chi connectivity index (χ2n) is 5.97. The van der Waals surface area contributed by atoms with Gasteiger partial charge in [-0.15, -0.1) is 0 Å². The first-order chi connectivity index (χ1) is 12.9. The summed E-state index contributed by atoms with van der Waals surface area (Å²) in [6, 6.07) is 7.15. The third-order valence-electron chi connectivity index (χ3n) is 4.00. The largest absolute Gasteiger partial charge is 0.451 e. The average molecular weight is 393 g/mol. The van der Waals surface area contributed by atoms with Crippen molar-refractivity contribution in [3.05, 3.63) is 35.9 Å². The normalized spacial score (nSPS) is 15.6. The van der Waals surface area contributed by atoms with E-state index >= 15 is 0 Å². The number of thioether (sulfide) groups is 1. The van der Waals surface area contributed by atoms with Gasteiger partial charge >= 0.3 is 12.0 Å². The van der Waals surface area contributed by atoms with Crippen molar-refractivity contribution in [1.82, 2.24) is 15.5 Å². The Morgan fingerprint density at radius 3 is 2.59 bits per heavy atom. The van der Waals surface area contributed by atoms with E-state index in [1.165, 1.54) is 18.7 Å². The second-order valence-corrected chi connectivity index (χ2v) is 6.96. The number of nitrogens with one attached hydrogen (secondary N) is 2. The number of urea groups is 1. The summed E-state index contributed by atoms with van der Waals surface area (Å²) in [4.78, 5) is 49.7. The van der Waals surface area contributed by atoms with Crippen LogP contribution in [0.4, 0.5) is 4.79 Å². The third-order valence-corrected chi connectivity index (χ3v) is 4.64. The second kappa shape index (κ2) is 9.96. The van der Waals surface area contributed by atoms with Gasteiger partial charge in [0.15, 0.2) is 6.10 Å². The molecule has 9 heteroatoms. The zero-order chi connectivity index (χ0) is 19.8. The average Bonchev–Trinajstić information content (AvgIpc) is 3.10. The number of benzene rings is 1. The highest BCUT2D eigenvalue weighted by molar-refractivity contribution is 7.98. The monoisotopic (exact) mass is 393 g/mol. The van der Waals surface area contributed by atoms with Gasteiger partial charge in [-0.3, -0.25) is 14.5 Å². The summed E-state index contributed by atoms with van der Waals surface area (Å²) >= 11 is 1.53. The van der Waals surface area contributed by atoms with E-state index in [1.807, 2.05) is 6.26 Å². The number of nitrogens with zero attached hydrogens (tertiary/aromatic N) is 1. The van der Waals surface area contributed by atoms with Crippen molar-refractivity contribution < 1.29 is 23.9 Å². The molecule has 1 fully saturated rings. The van der Waals surface area contributed by atoms with Gasteiger partial charge < -0.3 is 15.4 Å². The van der Waals surface area contributed by atoms with Gasteiger partial charge in [-0.05, 0) is 37.5 Å². The summed E-state index contributed by atoms with van der Waals surface area (Å²) in [6.07, 6.45) is 1.13. The molecule has 1 aliphatic rings. The molecule has 1 aromatic carbocycles. The Kier molecular flexibility index (Phi) is 7.66. The topological polar surface area (TPSA) is 105 Å². The van der Waals surface area contributed by atoms with Crippen LogP contribution < -0.4 is 10.6 Å². The lowest BCUT2D eigenvalue weighted by Crippen LogP contribution is -2.46. The van der Waals surface area contributed by atoms with Crippen molar-refractivity contribution in [2.24, 2.45) is 0 Å². The van der Waals surface area contributed by atoms with Crippen LogP contribution >= 0.6 is 11.8 Å². The van der Waals surface area contributed by atoms with Gasteiger partial charge in [0.2, 0.25) is 0 Å². The van der Waals surface area contributed by atoms with Crippen LogP contribution in [0.3, 0.4) is 0 Å². The first kappa shape index (κ1) is 20.8. The lowest BCUT2D eigenvalue weighted by atomic mass is 10.1. The summed E-state index contributed by atoms with van der Waals surface area (Å²) in [6.45, 7) is 2.02. The van der Waals surface area contributed by atoms with Crippen molar-refractivity contribution in [2.75, 3.05) is 25.1 Å². The van der Waals surface area contributed by atoms with Gasteiger partial charge in [-0.2, -0.15) is 11.8 Å². The predicted octanol–water partition coefficient (Wildman–Crippen LogP) is 1.02. The first-order valence-corrected chi connectivity index (χ1v) is 9.98. The molecule has 0 spiro atoms. The molecule has 1 aliphatic heterocycles. The molecule has 0 unspecified atom stereocenters. The Morgan fingerprint density at radius 2 is 2.00 bits per heavy atom. The SMILES string of the molecule is CSCC[C@H](NC(=O)c1ccccc1)C(=O)O[C@H](C)C(=O)N1CCNC1=O. The fourth-order valence-electron chi connectivity index (χ4n) is 2.52. The van der Waals surface area contributed by atoms with Crippen molar-refractivity contribution in [3.63, 3.8) is 0 Å². The van der Waals surface area contributed by atoms with Crippen LogP contribution in [-0.2, 0) is 14.3 Å². The molecule has 146 valence electrons. The van der Waals surface area contributed by atoms with Crippen molar-refractivity contribution in [2.45, 2.75) is 25.5 Å². The summed E-state index contributed by atoms with van der Waals surface area (Å²) in [7, 11) is 0. The lowest BCUT2D eigenvalue weighted by Gasteiger charge is -2.22. The van der Waals surface area contributed by atoms with Gasteiger partial charge in [0.1, 0.15) is 6.04 Å². The molecule has 2 N–H and O–H groups in total. The molecular weight excluding hydrogens is 370 g/mol. The van der Waals surface area contributed by atoms with Gasteiger partial charge in [-0.1, -0.05) is 18.2 Å². The molecule has 0 aromatic heterocycles. The zero-order valence-electron chi connectivity index (χ0n) is 15.3. The molecular formula is C18H23N3O5S. The van der Waals surface area contributed by atoms with Crippen molar-refractivity contribution >= 4 is 35.6 Å². The molecule has 8 nitrogen and oxygen atoms in total. The Balaban J connectivity index is 1.99. The summed E-state index contributed by atoms with van der Waals surface area (Å²) in [5.74, 6) is -1.05. The van der Waals surface area contributed by atoms with E-state index in [0.29, 0.717) is 24.3 Å². The van der Waals surface area contributed by atoms with Crippen LogP contribution in [0, 0.1) is 0 Å². The molecule has 0 saturated carbocycles. The number of imide groups is 1. The molecule has 0 aliphatic carbocycles. The Labute approximate surface area is 162 Å². The van der Waals surface area contributed by atoms with E-state index in [4.69, 9.17) is 4.74 Å². The molecule has 2 rings (SSSR count). The quantitative estimate of drug-likeness (QED) is 0.639.